The van der Waals surface area contributed by atoms with E-state index in [0.29, 0.717) is 0 Å². The number of nitrogens with zero attached hydrogens (tertiary/aromatic N) is 2. The molecule has 0 saturated heterocycles. The minimum atomic E-state index is 0.255. The molecule has 0 spiro atoms. The summed E-state index contributed by atoms with van der Waals surface area (Å²) in [7, 11) is 0. The number of rotatable bonds is 6. The van der Waals surface area contributed by atoms with Crippen LogP contribution in [0.5, 0.6) is 0 Å². The summed E-state index contributed by atoms with van der Waals surface area (Å²) < 4.78 is 5.90. The van der Waals surface area contributed by atoms with Gasteiger partial charge in [0.1, 0.15) is 5.01 Å². The van der Waals surface area contributed by atoms with Crippen LogP contribution in [0.15, 0.2) is 24.3 Å². The molecule has 1 aliphatic carbocycles. The summed E-state index contributed by atoms with van der Waals surface area (Å²) in [4.78, 5) is 8.60. The molecule has 3 rings (SSSR count). The zero-order valence-corrected chi connectivity index (χ0v) is 15.2. The highest BCUT2D eigenvalue weighted by Gasteiger charge is 2.25. The molecule has 1 heterocycles. The fourth-order valence-corrected chi connectivity index (χ4v) is 4.47. The predicted octanol–water partition coefficient (Wildman–Crippen LogP) is 5.07. The fraction of sp³-hybridized carbons (Fsp3) is 0.526. The maximum atomic E-state index is 5.90. The molecule has 1 atom stereocenters. The highest BCUT2D eigenvalue weighted by atomic mass is 32.1. The van der Waals surface area contributed by atoms with Crippen LogP contribution in [0.25, 0.3) is 10.6 Å². The third-order valence-corrected chi connectivity index (χ3v) is 5.75. The first-order valence-corrected chi connectivity index (χ1v) is 9.55. The Morgan fingerprint density at radius 2 is 1.91 bits per heavy atom. The molecule has 0 bridgehead atoms. The number of aryl methyl sites for hydroxylation is 1. The number of benzene rings is 1. The molecule has 3 nitrogen and oxygen atoms in total. The van der Waals surface area contributed by atoms with Gasteiger partial charge < -0.3 is 9.64 Å². The van der Waals surface area contributed by atoms with Gasteiger partial charge in [-0.2, -0.15) is 0 Å². The zero-order valence-electron chi connectivity index (χ0n) is 14.3. The van der Waals surface area contributed by atoms with Crippen LogP contribution in [0.1, 0.15) is 50.3 Å². The number of fused-ring (bicyclic) bond motifs is 1. The Balaban J connectivity index is 1.85. The molecule has 1 aliphatic rings. The topological polar surface area (TPSA) is 25.4 Å². The Kier molecular flexibility index (Phi) is 5.34. The van der Waals surface area contributed by atoms with Crippen molar-refractivity contribution in [3.63, 3.8) is 0 Å². The van der Waals surface area contributed by atoms with Gasteiger partial charge in [-0.25, -0.2) is 4.98 Å². The van der Waals surface area contributed by atoms with Crippen molar-refractivity contribution in [2.75, 3.05) is 24.6 Å². The van der Waals surface area contributed by atoms with Gasteiger partial charge in [0.05, 0.1) is 16.7 Å². The molecule has 0 N–H and O–H groups in total. The second-order valence-electron chi connectivity index (χ2n) is 5.89. The van der Waals surface area contributed by atoms with E-state index in [0.717, 1.165) is 37.5 Å². The van der Waals surface area contributed by atoms with Crippen LogP contribution in [-0.2, 0) is 11.2 Å². The second-order valence-corrected chi connectivity index (χ2v) is 6.92. The van der Waals surface area contributed by atoms with Crippen molar-refractivity contribution in [2.45, 2.75) is 46.1 Å². The van der Waals surface area contributed by atoms with Crippen molar-refractivity contribution in [3.8, 4) is 10.6 Å². The van der Waals surface area contributed by atoms with E-state index in [1.165, 1.54) is 28.2 Å². The standard InChI is InChI=1S/C19H26N2OS/c1-4-21(5-2)15-12-10-14(11-13-15)19-20-16-8-7-9-17(22-6-3)18(16)23-19/h10-13,17H,4-9H2,1-3H3. The molecule has 0 saturated carbocycles. The predicted molar refractivity (Wildman–Crippen MR) is 98.4 cm³/mol. The Morgan fingerprint density at radius 3 is 2.57 bits per heavy atom. The minimum absolute atomic E-state index is 0.255. The molecule has 23 heavy (non-hydrogen) atoms. The van der Waals surface area contributed by atoms with Crippen molar-refractivity contribution in [1.29, 1.82) is 0 Å². The average Bonchev–Trinajstić information content (AvgIpc) is 3.02. The molecule has 0 amide bonds. The highest BCUT2D eigenvalue weighted by molar-refractivity contribution is 7.15. The lowest BCUT2D eigenvalue weighted by atomic mass is 10.0. The van der Waals surface area contributed by atoms with Crippen LogP contribution >= 0.6 is 11.3 Å². The first-order chi connectivity index (χ1) is 11.3. The van der Waals surface area contributed by atoms with E-state index in [2.05, 4.69) is 49.9 Å². The van der Waals surface area contributed by atoms with Crippen molar-refractivity contribution in [1.82, 2.24) is 4.98 Å². The van der Waals surface area contributed by atoms with Gasteiger partial charge in [0.2, 0.25) is 0 Å². The third kappa shape index (κ3) is 3.43. The van der Waals surface area contributed by atoms with Gasteiger partial charge in [-0.1, -0.05) is 0 Å². The second kappa shape index (κ2) is 7.45. The van der Waals surface area contributed by atoms with E-state index in [-0.39, 0.29) is 6.10 Å². The number of ether oxygens (including phenoxy) is 1. The molecule has 4 heteroatoms. The third-order valence-electron chi connectivity index (χ3n) is 4.51. The quantitative estimate of drug-likeness (QED) is 0.739. The van der Waals surface area contributed by atoms with Crippen molar-refractivity contribution in [2.24, 2.45) is 0 Å². The maximum absolute atomic E-state index is 5.90. The monoisotopic (exact) mass is 330 g/mol. The summed E-state index contributed by atoms with van der Waals surface area (Å²) in [6.45, 7) is 9.31. The van der Waals surface area contributed by atoms with Gasteiger partial charge in [-0.15, -0.1) is 11.3 Å². The van der Waals surface area contributed by atoms with E-state index in [4.69, 9.17) is 9.72 Å². The summed E-state index contributed by atoms with van der Waals surface area (Å²) in [5.74, 6) is 0. The first kappa shape index (κ1) is 16.5. The van der Waals surface area contributed by atoms with Crippen molar-refractivity contribution in [3.05, 3.63) is 34.8 Å². The summed E-state index contributed by atoms with van der Waals surface area (Å²) in [5.41, 5.74) is 3.75. The van der Waals surface area contributed by atoms with Gasteiger partial charge in [0.15, 0.2) is 0 Å². The van der Waals surface area contributed by atoms with E-state index in [1.807, 2.05) is 11.3 Å². The van der Waals surface area contributed by atoms with Crippen molar-refractivity contribution >= 4 is 17.0 Å². The normalized spacial score (nSPS) is 17.1. The minimum Gasteiger partial charge on any atom is -0.373 e. The lowest BCUT2D eigenvalue weighted by Crippen LogP contribution is -2.21. The summed E-state index contributed by atoms with van der Waals surface area (Å²) >= 11 is 1.81. The van der Waals surface area contributed by atoms with Gasteiger partial charge in [0, 0.05) is 30.9 Å². The summed E-state index contributed by atoms with van der Waals surface area (Å²) in [6, 6.07) is 8.83. The molecular weight excluding hydrogens is 304 g/mol. The van der Waals surface area contributed by atoms with Gasteiger partial charge in [0.25, 0.3) is 0 Å². The number of thiazole rings is 1. The van der Waals surface area contributed by atoms with Crippen LogP contribution in [0.3, 0.4) is 0 Å². The maximum Gasteiger partial charge on any atom is 0.123 e. The highest BCUT2D eigenvalue weighted by Crippen LogP contribution is 2.39. The van der Waals surface area contributed by atoms with E-state index in [1.54, 1.807) is 0 Å². The van der Waals surface area contributed by atoms with Crippen LogP contribution < -0.4 is 4.90 Å². The molecule has 2 aromatic rings. The molecule has 0 aliphatic heterocycles. The Labute approximate surface area is 143 Å². The molecule has 1 aromatic heterocycles. The fourth-order valence-electron chi connectivity index (χ4n) is 3.27. The first-order valence-electron chi connectivity index (χ1n) is 8.73. The summed E-state index contributed by atoms with van der Waals surface area (Å²) in [6.07, 6.45) is 3.66. The zero-order chi connectivity index (χ0) is 16.2. The lowest BCUT2D eigenvalue weighted by molar-refractivity contribution is 0.0524. The molecule has 0 fully saturated rings. The lowest BCUT2D eigenvalue weighted by Gasteiger charge is -2.21. The van der Waals surface area contributed by atoms with E-state index >= 15 is 0 Å². The average molecular weight is 330 g/mol. The largest absolute Gasteiger partial charge is 0.373 e. The van der Waals surface area contributed by atoms with Crippen LogP contribution in [0, 0.1) is 0 Å². The van der Waals surface area contributed by atoms with E-state index < -0.39 is 0 Å². The molecule has 1 aromatic carbocycles. The molecular formula is C19H26N2OS. The van der Waals surface area contributed by atoms with E-state index in [9.17, 15) is 0 Å². The Hall–Kier alpha value is -1.39. The van der Waals surface area contributed by atoms with Crippen molar-refractivity contribution < 1.29 is 4.74 Å². The number of hydrogen-bond acceptors (Lipinski definition) is 4. The Morgan fingerprint density at radius 1 is 1.17 bits per heavy atom. The number of anilines is 1. The smallest absolute Gasteiger partial charge is 0.123 e. The summed E-state index contributed by atoms with van der Waals surface area (Å²) in [5, 5.41) is 1.13. The number of hydrogen-bond donors (Lipinski definition) is 0. The van der Waals surface area contributed by atoms with Crippen LogP contribution in [0.2, 0.25) is 0 Å². The van der Waals surface area contributed by atoms with Gasteiger partial charge in [-0.3, -0.25) is 0 Å². The number of aromatic nitrogens is 1. The van der Waals surface area contributed by atoms with Crippen LogP contribution in [0.4, 0.5) is 5.69 Å². The van der Waals surface area contributed by atoms with Crippen LogP contribution in [-0.4, -0.2) is 24.7 Å². The molecule has 124 valence electrons. The SMILES string of the molecule is CCOC1CCCc2nc(-c3ccc(N(CC)CC)cc3)sc21. The molecule has 0 radical (unpaired) electrons. The molecule has 1 unspecified atom stereocenters. The Bertz CT molecular complexity index is 631. The van der Waals surface area contributed by atoms with Gasteiger partial charge in [-0.05, 0) is 64.3 Å². The van der Waals surface area contributed by atoms with Gasteiger partial charge >= 0.3 is 0 Å².